The second-order valence-electron chi connectivity index (χ2n) is 5.38. The number of amides is 1. The summed E-state index contributed by atoms with van der Waals surface area (Å²) in [7, 11) is 1.58. The Kier molecular flexibility index (Phi) is 6.34. The van der Waals surface area contributed by atoms with E-state index < -0.39 is 6.09 Å². The van der Waals surface area contributed by atoms with Crippen molar-refractivity contribution in [3.8, 4) is 5.75 Å². The van der Waals surface area contributed by atoms with Gasteiger partial charge in [0.2, 0.25) is 0 Å². The molecule has 1 aliphatic heterocycles. The summed E-state index contributed by atoms with van der Waals surface area (Å²) in [6.45, 7) is 4.06. The maximum absolute atomic E-state index is 11.7. The van der Waals surface area contributed by atoms with E-state index in [4.69, 9.17) is 9.47 Å². The highest BCUT2D eigenvalue weighted by molar-refractivity contribution is 5.86. The fourth-order valence-electron chi connectivity index (χ4n) is 2.68. The first-order chi connectivity index (χ1) is 10.3. The molecule has 1 aromatic rings. The lowest BCUT2D eigenvalue weighted by Crippen LogP contribution is -3.12. The monoisotopic (exact) mass is 293 g/mol. The number of likely N-dealkylation sites (tertiary alicyclic amines) is 1. The third-order valence-corrected chi connectivity index (χ3v) is 3.81. The van der Waals surface area contributed by atoms with E-state index in [0.29, 0.717) is 18.0 Å². The van der Waals surface area contributed by atoms with Crippen LogP contribution in [0, 0.1) is 0 Å². The van der Waals surface area contributed by atoms with Crippen LogP contribution in [-0.2, 0) is 4.74 Å². The first kappa shape index (κ1) is 15.6. The van der Waals surface area contributed by atoms with E-state index in [1.807, 2.05) is 12.1 Å². The van der Waals surface area contributed by atoms with Gasteiger partial charge in [0.25, 0.3) is 0 Å². The number of rotatable bonds is 6. The summed E-state index contributed by atoms with van der Waals surface area (Å²) in [5, 5.41) is 2.71. The van der Waals surface area contributed by atoms with Crippen molar-refractivity contribution in [1.82, 2.24) is 0 Å². The van der Waals surface area contributed by atoms with Crippen molar-refractivity contribution in [2.75, 3.05) is 38.7 Å². The minimum atomic E-state index is -0.423. The summed E-state index contributed by atoms with van der Waals surface area (Å²) in [4.78, 5) is 13.4. The van der Waals surface area contributed by atoms with Crippen molar-refractivity contribution in [2.45, 2.75) is 25.7 Å². The number of methoxy groups -OCH3 is 1. The molecule has 116 valence electrons. The van der Waals surface area contributed by atoms with Crippen molar-refractivity contribution in [3.05, 3.63) is 24.3 Å². The molecule has 2 N–H and O–H groups in total. The van der Waals surface area contributed by atoms with Gasteiger partial charge in [-0.3, -0.25) is 5.32 Å². The molecule has 2 rings (SSSR count). The lowest BCUT2D eigenvalue weighted by atomic mass is 10.1. The van der Waals surface area contributed by atoms with Crippen LogP contribution in [0.3, 0.4) is 0 Å². The molecule has 0 aliphatic carbocycles. The van der Waals surface area contributed by atoms with Gasteiger partial charge in [0, 0.05) is 6.42 Å². The Hall–Kier alpha value is -1.75. The maximum Gasteiger partial charge on any atom is 0.411 e. The zero-order chi connectivity index (χ0) is 14.9. The minimum absolute atomic E-state index is 0.423. The summed E-state index contributed by atoms with van der Waals surface area (Å²) in [5.41, 5.74) is 0.631. The Morgan fingerprint density at radius 3 is 2.76 bits per heavy atom. The molecule has 1 saturated heterocycles. The predicted molar refractivity (Wildman–Crippen MR) is 82.0 cm³/mol. The molecular weight excluding hydrogens is 268 g/mol. The van der Waals surface area contributed by atoms with Gasteiger partial charge in [-0.2, -0.15) is 0 Å². The van der Waals surface area contributed by atoms with Gasteiger partial charge in [-0.15, -0.1) is 0 Å². The van der Waals surface area contributed by atoms with Crippen LogP contribution < -0.4 is 15.0 Å². The summed E-state index contributed by atoms with van der Waals surface area (Å²) in [5.74, 6) is 0.632. The molecule has 0 bridgehead atoms. The van der Waals surface area contributed by atoms with E-state index in [1.54, 1.807) is 24.1 Å². The van der Waals surface area contributed by atoms with E-state index in [0.717, 1.165) is 13.0 Å². The third-order valence-electron chi connectivity index (χ3n) is 3.81. The lowest BCUT2D eigenvalue weighted by molar-refractivity contribution is -0.905. The Labute approximate surface area is 126 Å². The summed E-state index contributed by atoms with van der Waals surface area (Å²) in [6, 6.07) is 7.29. The molecule has 0 unspecified atom stereocenters. The number of nitrogens with one attached hydrogen (secondary N) is 2. The van der Waals surface area contributed by atoms with Crippen molar-refractivity contribution < 1.29 is 19.2 Å². The first-order valence-electron chi connectivity index (χ1n) is 7.70. The minimum Gasteiger partial charge on any atom is -0.495 e. The third kappa shape index (κ3) is 5.27. The fourth-order valence-corrected chi connectivity index (χ4v) is 2.68. The number of quaternary nitrogens is 1. The molecule has 1 fully saturated rings. The number of hydrogen-bond acceptors (Lipinski definition) is 3. The Balaban J connectivity index is 1.65. The summed E-state index contributed by atoms with van der Waals surface area (Å²) in [6.07, 6.45) is 4.50. The van der Waals surface area contributed by atoms with Crippen molar-refractivity contribution >= 4 is 11.8 Å². The molecule has 0 spiro atoms. The van der Waals surface area contributed by atoms with E-state index in [9.17, 15) is 4.79 Å². The highest BCUT2D eigenvalue weighted by atomic mass is 16.5. The Morgan fingerprint density at radius 1 is 1.24 bits per heavy atom. The molecule has 1 amide bonds. The molecule has 0 atom stereocenters. The summed E-state index contributed by atoms with van der Waals surface area (Å²) < 4.78 is 10.4. The second kappa shape index (κ2) is 8.52. The number of ether oxygens (including phenoxy) is 2. The van der Waals surface area contributed by atoms with Gasteiger partial charge in [0.1, 0.15) is 5.75 Å². The normalized spacial score (nSPS) is 15.5. The molecule has 0 radical (unpaired) electrons. The van der Waals surface area contributed by atoms with Gasteiger partial charge in [0.15, 0.2) is 0 Å². The zero-order valence-corrected chi connectivity index (χ0v) is 12.7. The largest absolute Gasteiger partial charge is 0.495 e. The Morgan fingerprint density at radius 2 is 2.00 bits per heavy atom. The topological polar surface area (TPSA) is 52.0 Å². The molecule has 5 nitrogen and oxygen atoms in total. The molecule has 0 saturated carbocycles. The number of anilines is 1. The van der Waals surface area contributed by atoms with Crippen LogP contribution in [0.2, 0.25) is 0 Å². The van der Waals surface area contributed by atoms with E-state index in [1.165, 1.54) is 32.4 Å². The molecule has 1 aromatic carbocycles. The second-order valence-corrected chi connectivity index (χ2v) is 5.38. The quantitative estimate of drug-likeness (QED) is 0.785. The number of benzene rings is 1. The van der Waals surface area contributed by atoms with Crippen LogP contribution in [0.1, 0.15) is 25.7 Å². The molecule has 5 heteroatoms. The van der Waals surface area contributed by atoms with Crippen LogP contribution in [0.25, 0.3) is 0 Å². The summed E-state index contributed by atoms with van der Waals surface area (Å²) >= 11 is 0. The molecule has 1 heterocycles. The average molecular weight is 293 g/mol. The van der Waals surface area contributed by atoms with E-state index >= 15 is 0 Å². The van der Waals surface area contributed by atoms with Gasteiger partial charge in [-0.1, -0.05) is 12.1 Å². The van der Waals surface area contributed by atoms with Crippen LogP contribution in [0.5, 0.6) is 5.75 Å². The molecule has 21 heavy (non-hydrogen) atoms. The SMILES string of the molecule is COc1ccccc1NC(=O)OCCC[NH+]1CCCCC1. The standard InChI is InChI=1S/C16H24N2O3/c1-20-15-9-4-3-8-14(15)17-16(19)21-13-7-12-18-10-5-2-6-11-18/h3-4,8-9H,2,5-7,10-13H2,1H3,(H,17,19)/p+1. The zero-order valence-electron chi connectivity index (χ0n) is 12.7. The van der Waals surface area contributed by atoms with Gasteiger partial charge in [-0.25, -0.2) is 4.79 Å². The number of para-hydroxylation sites is 2. The highest BCUT2D eigenvalue weighted by Crippen LogP contribution is 2.22. The average Bonchev–Trinajstić information content (AvgIpc) is 2.53. The Bertz CT molecular complexity index is 445. The van der Waals surface area contributed by atoms with Gasteiger partial charge in [0.05, 0.1) is 39.0 Å². The number of carbonyl (C=O) groups excluding carboxylic acids is 1. The number of hydrogen-bond donors (Lipinski definition) is 2. The van der Waals surface area contributed by atoms with Crippen molar-refractivity contribution in [3.63, 3.8) is 0 Å². The van der Waals surface area contributed by atoms with Crippen LogP contribution in [0.4, 0.5) is 10.5 Å². The number of carbonyl (C=O) groups is 1. The van der Waals surface area contributed by atoms with Crippen molar-refractivity contribution in [1.29, 1.82) is 0 Å². The van der Waals surface area contributed by atoms with Crippen LogP contribution in [0.15, 0.2) is 24.3 Å². The number of piperidine rings is 1. The lowest BCUT2D eigenvalue weighted by Gasteiger charge is -2.23. The van der Waals surface area contributed by atoms with Crippen LogP contribution >= 0.6 is 0 Å². The van der Waals surface area contributed by atoms with Gasteiger partial charge < -0.3 is 14.4 Å². The van der Waals surface area contributed by atoms with E-state index in [-0.39, 0.29) is 0 Å². The van der Waals surface area contributed by atoms with Gasteiger partial charge in [-0.05, 0) is 31.4 Å². The molecule has 0 aromatic heterocycles. The van der Waals surface area contributed by atoms with Crippen LogP contribution in [-0.4, -0.2) is 39.4 Å². The smallest absolute Gasteiger partial charge is 0.411 e. The van der Waals surface area contributed by atoms with E-state index in [2.05, 4.69) is 5.32 Å². The first-order valence-corrected chi connectivity index (χ1v) is 7.70. The highest BCUT2D eigenvalue weighted by Gasteiger charge is 2.13. The maximum atomic E-state index is 11.7. The molecular formula is C16H25N2O3+. The predicted octanol–water partition coefficient (Wildman–Crippen LogP) is 1.70. The fraction of sp³-hybridized carbons (Fsp3) is 0.562. The molecule has 1 aliphatic rings. The van der Waals surface area contributed by atoms with Gasteiger partial charge >= 0.3 is 6.09 Å². The van der Waals surface area contributed by atoms with Crippen molar-refractivity contribution in [2.24, 2.45) is 0 Å².